The van der Waals surface area contributed by atoms with Gasteiger partial charge in [-0.05, 0) is 72.0 Å². The number of aliphatic hydroxyl groups is 2. The Labute approximate surface area is 260 Å². The lowest BCUT2D eigenvalue weighted by Gasteiger charge is -2.41. The number of aldehydes is 1. The second-order valence-electron chi connectivity index (χ2n) is 11.0. The maximum Gasteiger partial charge on any atom is 0.247 e. The molecular weight excluding hydrogens is 651 g/mol. The lowest BCUT2D eigenvalue weighted by molar-refractivity contribution is -0.140. The lowest BCUT2D eigenvalue weighted by Crippen LogP contribution is -2.55. The summed E-state index contributed by atoms with van der Waals surface area (Å²) in [7, 11) is 1.46. The average Bonchev–Trinajstić information content (AvgIpc) is 3.50. The van der Waals surface area contributed by atoms with E-state index in [4.69, 9.17) is 9.47 Å². The van der Waals surface area contributed by atoms with Gasteiger partial charge in [0.05, 0.1) is 23.3 Å². The number of amides is 2. The molecule has 3 N–H and O–H groups in total. The van der Waals surface area contributed by atoms with E-state index in [9.17, 15) is 24.6 Å². The molecule has 3 atom stereocenters. The third-order valence-electron chi connectivity index (χ3n) is 7.99. The molecule has 0 spiro atoms. The summed E-state index contributed by atoms with van der Waals surface area (Å²) in [5.74, 6) is 0.473. The molecule has 2 aromatic rings. The molecule has 0 unspecified atom stereocenters. The van der Waals surface area contributed by atoms with E-state index in [0.717, 1.165) is 36.8 Å². The number of nitrogens with zero attached hydrogens (tertiary/aromatic N) is 1. The smallest absolute Gasteiger partial charge is 0.247 e. The Balaban J connectivity index is 1.71. The van der Waals surface area contributed by atoms with Gasteiger partial charge in [-0.3, -0.25) is 14.4 Å². The van der Waals surface area contributed by atoms with Gasteiger partial charge >= 0.3 is 0 Å². The molecule has 1 saturated carbocycles. The van der Waals surface area contributed by atoms with E-state index < -0.39 is 24.2 Å². The maximum absolute atomic E-state index is 13.9. The zero-order valence-electron chi connectivity index (χ0n) is 24.1. The van der Waals surface area contributed by atoms with Crippen LogP contribution in [0.3, 0.4) is 0 Å². The molecule has 0 saturated heterocycles. The second-order valence-corrected chi connectivity index (χ2v) is 12.2. The summed E-state index contributed by atoms with van der Waals surface area (Å²) in [5.41, 5.74) is 2.78. The summed E-state index contributed by atoms with van der Waals surface area (Å²) in [6, 6.07) is 10.4. The molecule has 0 aliphatic heterocycles. The van der Waals surface area contributed by atoms with Crippen LogP contribution >= 0.6 is 22.6 Å². The number of aryl methyl sites for hydroxylation is 1. The number of halogens is 1. The highest BCUT2D eigenvalue weighted by atomic mass is 127. The fourth-order valence-corrected chi connectivity index (χ4v) is 6.45. The summed E-state index contributed by atoms with van der Waals surface area (Å²) in [6.45, 7) is 2.13. The maximum atomic E-state index is 13.9. The van der Waals surface area contributed by atoms with Crippen LogP contribution in [0.25, 0.3) is 0 Å². The summed E-state index contributed by atoms with van der Waals surface area (Å²) in [4.78, 5) is 40.2. The van der Waals surface area contributed by atoms with E-state index in [-0.39, 0.29) is 32.0 Å². The van der Waals surface area contributed by atoms with E-state index in [1.807, 2.05) is 53.8 Å². The first kappa shape index (κ1) is 32.0. The summed E-state index contributed by atoms with van der Waals surface area (Å²) in [6.07, 6.45) is 4.86. The van der Waals surface area contributed by atoms with Crippen molar-refractivity contribution in [1.82, 2.24) is 10.2 Å². The molecular formula is C32H39IN2O7. The van der Waals surface area contributed by atoms with Gasteiger partial charge in [-0.15, -0.1) is 0 Å². The first-order valence-electron chi connectivity index (χ1n) is 14.4. The minimum absolute atomic E-state index is 0.0650. The summed E-state index contributed by atoms with van der Waals surface area (Å²) in [5, 5.41) is 23.8. The number of hydrogen-bond donors (Lipinski definition) is 3. The number of hydrogen-bond acceptors (Lipinski definition) is 7. The third kappa shape index (κ3) is 7.90. The van der Waals surface area contributed by atoms with Crippen molar-refractivity contribution in [3.8, 4) is 11.5 Å². The summed E-state index contributed by atoms with van der Waals surface area (Å²) >= 11 is 2.04. The van der Waals surface area contributed by atoms with Crippen molar-refractivity contribution >= 4 is 40.7 Å². The molecule has 0 aromatic heterocycles. The third-order valence-corrected chi connectivity index (χ3v) is 8.79. The number of methoxy groups -OCH3 is 1. The molecule has 10 heteroatoms. The van der Waals surface area contributed by atoms with Crippen LogP contribution in [0.5, 0.6) is 11.5 Å². The highest BCUT2D eigenvalue weighted by Crippen LogP contribution is 2.37. The first-order valence-corrected chi connectivity index (χ1v) is 15.4. The minimum Gasteiger partial charge on any atom is -0.493 e. The van der Waals surface area contributed by atoms with Crippen molar-refractivity contribution in [2.75, 3.05) is 20.3 Å². The lowest BCUT2D eigenvalue weighted by atomic mass is 9.87. The number of aliphatic hydroxyl groups excluding tert-OH is 2. The molecule has 0 radical (unpaired) electrons. The fraction of sp³-hybridized carbons (Fsp3) is 0.469. The second kappa shape index (κ2) is 15.0. The average molecular weight is 691 g/mol. The normalized spacial score (nSPS) is 20.5. The number of carbonyl (C=O) groups excluding carboxylic acids is 3. The highest BCUT2D eigenvalue weighted by molar-refractivity contribution is 14.1. The number of nitrogens with one attached hydrogen (secondary N) is 1. The quantitative estimate of drug-likeness (QED) is 0.228. The molecule has 0 heterocycles. The van der Waals surface area contributed by atoms with Crippen LogP contribution in [0.1, 0.15) is 60.0 Å². The predicted octanol–water partition coefficient (Wildman–Crippen LogP) is 3.95. The Bertz CT molecular complexity index is 1290. The molecule has 226 valence electrons. The van der Waals surface area contributed by atoms with Crippen LogP contribution in [-0.4, -0.2) is 71.7 Å². The Kier molecular flexibility index (Phi) is 11.4. The Morgan fingerprint density at radius 2 is 1.88 bits per heavy atom. The van der Waals surface area contributed by atoms with Crippen molar-refractivity contribution in [3.05, 3.63) is 68.3 Å². The number of benzene rings is 2. The molecule has 2 aliphatic rings. The van der Waals surface area contributed by atoms with Gasteiger partial charge in [0.25, 0.3) is 0 Å². The Morgan fingerprint density at radius 3 is 2.52 bits per heavy atom. The van der Waals surface area contributed by atoms with Gasteiger partial charge < -0.3 is 29.9 Å². The molecule has 1 fully saturated rings. The van der Waals surface area contributed by atoms with Crippen LogP contribution in [-0.2, 0) is 16.1 Å². The Morgan fingerprint density at radius 1 is 1.17 bits per heavy atom. The van der Waals surface area contributed by atoms with Crippen molar-refractivity contribution in [1.29, 1.82) is 0 Å². The van der Waals surface area contributed by atoms with E-state index in [2.05, 4.69) is 5.32 Å². The van der Waals surface area contributed by atoms with E-state index in [1.54, 1.807) is 23.1 Å². The standard InChI is InChI=1S/C32H39IN2O7/c1-20-7-9-22(10-8-20)18-35(29(38)15-21-5-3-4-6-21)26-16-24(32(40)34-11-12-36)17-27(30(26)39)42-31-25(33)13-23(19-37)14-28(31)41-2/h7-10,13-14,17,19,21,26-27,30,36,39H,3-6,11-12,15-16,18H2,1-2H3,(H,34,40)/t26-,27+,30+/m1/s1. The van der Waals surface area contributed by atoms with Crippen LogP contribution < -0.4 is 14.8 Å². The SMILES string of the molecule is COc1cc(C=O)cc(I)c1O[C@H]1C=C(C(=O)NCCO)C[C@@H](N(Cc2ccc(C)cc2)C(=O)CC2CCCC2)[C@@H]1O. The summed E-state index contributed by atoms with van der Waals surface area (Å²) < 4.78 is 12.4. The monoisotopic (exact) mass is 690 g/mol. The zero-order valence-corrected chi connectivity index (χ0v) is 26.2. The largest absolute Gasteiger partial charge is 0.493 e. The van der Waals surface area contributed by atoms with Gasteiger partial charge in [0.15, 0.2) is 11.5 Å². The number of carbonyl (C=O) groups is 3. The molecule has 2 amide bonds. The van der Waals surface area contributed by atoms with Crippen molar-refractivity contribution in [3.63, 3.8) is 0 Å². The van der Waals surface area contributed by atoms with Crippen LogP contribution in [0.2, 0.25) is 0 Å². The predicted molar refractivity (Wildman–Crippen MR) is 166 cm³/mol. The molecule has 0 bridgehead atoms. The number of ether oxygens (including phenoxy) is 2. The van der Waals surface area contributed by atoms with Gasteiger partial charge in [0.2, 0.25) is 11.8 Å². The van der Waals surface area contributed by atoms with Gasteiger partial charge in [-0.2, -0.15) is 0 Å². The van der Waals surface area contributed by atoms with Gasteiger partial charge in [0.1, 0.15) is 18.5 Å². The zero-order chi connectivity index (χ0) is 30.2. The molecule has 2 aromatic carbocycles. The first-order chi connectivity index (χ1) is 20.2. The highest BCUT2D eigenvalue weighted by Gasteiger charge is 2.41. The van der Waals surface area contributed by atoms with Crippen molar-refractivity contribution < 1.29 is 34.1 Å². The number of rotatable bonds is 12. The van der Waals surface area contributed by atoms with E-state index in [1.165, 1.54) is 7.11 Å². The molecule has 4 rings (SSSR count). The van der Waals surface area contributed by atoms with Gasteiger partial charge in [-0.1, -0.05) is 42.7 Å². The van der Waals surface area contributed by atoms with Crippen LogP contribution in [0.4, 0.5) is 0 Å². The molecule has 42 heavy (non-hydrogen) atoms. The topological polar surface area (TPSA) is 125 Å². The van der Waals surface area contributed by atoms with Gasteiger partial charge in [-0.25, -0.2) is 0 Å². The fourth-order valence-electron chi connectivity index (χ4n) is 5.70. The Hall–Kier alpha value is -2.96. The van der Waals surface area contributed by atoms with Crippen LogP contribution in [0.15, 0.2) is 48.0 Å². The molecule has 9 nitrogen and oxygen atoms in total. The molecule has 2 aliphatic carbocycles. The van der Waals surface area contributed by atoms with Crippen molar-refractivity contribution in [2.45, 2.75) is 70.2 Å². The van der Waals surface area contributed by atoms with Crippen LogP contribution in [0, 0.1) is 16.4 Å². The van der Waals surface area contributed by atoms with E-state index in [0.29, 0.717) is 44.8 Å². The van der Waals surface area contributed by atoms with Gasteiger partial charge in [0, 0.05) is 37.1 Å². The van der Waals surface area contributed by atoms with Crippen molar-refractivity contribution in [2.24, 2.45) is 5.92 Å². The minimum atomic E-state index is -1.16. The van der Waals surface area contributed by atoms with E-state index >= 15 is 0 Å².